The van der Waals surface area contributed by atoms with Gasteiger partial charge in [-0.1, -0.05) is 0 Å². The number of rotatable bonds is 5. The van der Waals surface area contributed by atoms with E-state index in [0.29, 0.717) is 0 Å². The number of hydrogen-bond acceptors (Lipinski definition) is 4. The van der Waals surface area contributed by atoms with Crippen LogP contribution in [0.25, 0.3) is 0 Å². The molecule has 1 aromatic heterocycles. The van der Waals surface area contributed by atoms with E-state index in [4.69, 9.17) is 10.5 Å². The summed E-state index contributed by atoms with van der Waals surface area (Å²) in [5, 5.41) is 7.23. The smallest absolute Gasteiger partial charge is 0.254 e. The second-order valence-corrected chi connectivity index (χ2v) is 4.53. The van der Waals surface area contributed by atoms with Crippen molar-refractivity contribution in [2.45, 2.75) is 39.8 Å². The van der Waals surface area contributed by atoms with Crippen LogP contribution in [0.2, 0.25) is 0 Å². The van der Waals surface area contributed by atoms with E-state index in [9.17, 15) is 4.79 Å². The van der Waals surface area contributed by atoms with E-state index < -0.39 is 6.10 Å². The Bertz CT molecular complexity index is 422. The molecule has 1 amide bonds. The van der Waals surface area contributed by atoms with Crippen molar-refractivity contribution < 1.29 is 9.53 Å². The molecule has 6 heteroatoms. The molecule has 0 radical (unpaired) electrons. The van der Waals surface area contributed by atoms with Gasteiger partial charge in [0.15, 0.2) is 0 Å². The first-order valence-corrected chi connectivity index (χ1v) is 6.01. The Morgan fingerprint density at radius 3 is 2.50 bits per heavy atom. The fraction of sp³-hybridized carbons (Fsp3) is 0.667. The molecule has 1 rings (SSSR count). The van der Waals surface area contributed by atoms with Crippen molar-refractivity contribution in [3.8, 4) is 0 Å². The summed E-state index contributed by atoms with van der Waals surface area (Å²) >= 11 is 0. The molecule has 0 bridgehead atoms. The first-order chi connectivity index (χ1) is 8.42. The number of nitrogens with one attached hydrogen (secondary N) is 1. The van der Waals surface area contributed by atoms with Crippen LogP contribution < -0.4 is 11.1 Å². The number of anilines is 1. The summed E-state index contributed by atoms with van der Waals surface area (Å²) in [5.74, 6) is -0.241. The third kappa shape index (κ3) is 2.88. The molecule has 0 spiro atoms. The molecule has 6 nitrogen and oxygen atoms in total. The largest absolute Gasteiger partial charge is 0.370 e. The molecule has 0 aliphatic heterocycles. The Labute approximate surface area is 107 Å². The summed E-state index contributed by atoms with van der Waals surface area (Å²) in [6, 6.07) is 0.252. The Kier molecular flexibility index (Phi) is 4.86. The highest BCUT2D eigenvalue weighted by molar-refractivity contribution is 5.95. The molecule has 0 fully saturated rings. The molecule has 0 saturated carbocycles. The number of methoxy groups -OCH3 is 1. The molecule has 1 atom stereocenters. The predicted molar refractivity (Wildman–Crippen MR) is 70.6 cm³/mol. The molecule has 102 valence electrons. The number of nitrogens with two attached hydrogens (primary N) is 1. The van der Waals surface area contributed by atoms with Gasteiger partial charge in [0.05, 0.1) is 17.1 Å². The maximum Gasteiger partial charge on any atom is 0.254 e. The number of carbonyl (C=O) groups excluding carboxylic acids is 1. The van der Waals surface area contributed by atoms with Gasteiger partial charge in [-0.25, -0.2) is 0 Å². The SMILES string of the molecule is COC(CN)C(=O)Nc1c(C)nn(C(C)C)c1C. The van der Waals surface area contributed by atoms with Crippen molar-refractivity contribution in [3.63, 3.8) is 0 Å². The van der Waals surface area contributed by atoms with Gasteiger partial charge in [0.25, 0.3) is 5.91 Å². The van der Waals surface area contributed by atoms with E-state index in [1.54, 1.807) is 0 Å². The Morgan fingerprint density at radius 1 is 1.50 bits per heavy atom. The molecule has 3 N–H and O–H groups in total. The first kappa shape index (κ1) is 14.7. The quantitative estimate of drug-likeness (QED) is 0.821. The summed E-state index contributed by atoms with van der Waals surface area (Å²) in [6.07, 6.45) is -0.633. The van der Waals surface area contributed by atoms with Crippen molar-refractivity contribution >= 4 is 11.6 Å². The molecular weight excluding hydrogens is 232 g/mol. The minimum Gasteiger partial charge on any atom is -0.370 e. The van der Waals surface area contributed by atoms with Crippen LogP contribution in [0.15, 0.2) is 0 Å². The van der Waals surface area contributed by atoms with E-state index >= 15 is 0 Å². The van der Waals surface area contributed by atoms with Crippen LogP contribution in [0.5, 0.6) is 0 Å². The topological polar surface area (TPSA) is 82.2 Å². The maximum absolute atomic E-state index is 11.9. The summed E-state index contributed by atoms with van der Waals surface area (Å²) in [4.78, 5) is 11.9. The van der Waals surface area contributed by atoms with Gasteiger partial charge in [-0.3, -0.25) is 9.48 Å². The highest BCUT2D eigenvalue weighted by Crippen LogP contribution is 2.22. The second kappa shape index (κ2) is 5.97. The van der Waals surface area contributed by atoms with Crippen molar-refractivity contribution in [1.82, 2.24) is 9.78 Å². The third-order valence-corrected chi connectivity index (χ3v) is 2.85. The number of hydrogen-bond donors (Lipinski definition) is 2. The molecule has 0 aliphatic rings. The van der Waals surface area contributed by atoms with Gasteiger partial charge in [0.2, 0.25) is 0 Å². The fourth-order valence-corrected chi connectivity index (χ4v) is 1.86. The molecule has 0 saturated heterocycles. The normalized spacial score (nSPS) is 12.8. The van der Waals surface area contributed by atoms with Gasteiger partial charge in [0.1, 0.15) is 6.10 Å². The molecule has 1 aromatic rings. The lowest BCUT2D eigenvalue weighted by Crippen LogP contribution is -2.36. The Morgan fingerprint density at radius 2 is 2.11 bits per heavy atom. The van der Waals surface area contributed by atoms with Gasteiger partial charge in [-0.05, 0) is 27.7 Å². The third-order valence-electron chi connectivity index (χ3n) is 2.85. The number of aryl methyl sites for hydroxylation is 1. The van der Waals surface area contributed by atoms with Crippen LogP contribution in [0.4, 0.5) is 5.69 Å². The van der Waals surface area contributed by atoms with Crippen LogP contribution in [0.3, 0.4) is 0 Å². The van der Waals surface area contributed by atoms with Gasteiger partial charge >= 0.3 is 0 Å². The number of amides is 1. The number of aromatic nitrogens is 2. The van der Waals surface area contributed by atoms with Gasteiger partial charge in [-0.2, -0.15) is 5.10 Å². The van der Waals surface area contributed by atoms with Crippen molar-refractivity contribution in [2.75, 3.05) is 19.0 Å². The standard InChI is InChI=1S/C12H22N4O2/c1-7(2)16-9(4)11(8(3)15-16)14-12(17)10(6-13)18-5/h7,10H,6,13H2,1-5H3,(H,14,17). The zero-order valence-corrected chi connectivity index (χ0v) is 11.7. The van der Waals surface area contributed by atoms with Crippen LogP contribution in [-0.4, -0.2) is 35.4 Å². The number of ether oxygens (including phenoxy) is 1. The molecule has 0 aliphatic carbocycles. The van der Waals surface area contributed by atoms with Crippen LogP contribution in [-0.2, 0) is 9.53 Å². The molecule has 0 aromatic carbocycles. The van der Waals surface area contributed by atoms with E-state index in [-0.39, 0.29) is 18.5 Å². The summed E-state index contributed by atoms with van der Waals surface area (Å²) in [5.41, 5.74) is 7.93. The zero-order valence-electron chi connectivity index (χ0n) is 11.7. The lowest BCUT2D eigenvalue weighted by atomic mass is 10.2. The van der Waals surface area contributed by atoms with Gasteiger partial charge in [0, 0.05) is 19.7 Å². The van der Waals surface area contributed by atoms with Gasteiger partial charge < -0.3 is 15.8 Å². The van der Waals surface area contributed by atoms with Crippen molar-refractivity contribution in [3.05, 3.63) is 11.4 Å². The van der Waals surface area contributed by atoms with E-state index in [0.717, 1.165) is 17.1 Å². The monoisotopic (exact) mass is 254 g/mol. The second-order valence-electron chi connectivity index (χ2n) is 4.53. The Balaban J connectivity index is 2.94. The molecular formula is C12H22N4O2. The number of carbonyl (C=O) groups is 1. The average molecular weight is 254 g/mol. The highest BCUT2D eigenvalue weighted by Gasteiger charge is 2.20. The zero-order chi connectivity index (χ0) is 13.9. The summed E-state index contributed by atoms with van der Waals surface area (Å²) in [7, 11) is 1.47. The molecule has 1 unspecified atom stereocenters. The summed E-state index contributed by atoms with van der Waals surface area (Å²) in [6.45, 7) is 8.04. The Hall–Kier alpha value is -1.40. The van der Waals surface area contributed by atoms with E-state index in [1.807, 2.05) is 32.4 Å². The van der Waals surface area contributed by atoms with Crippen LogP contribution in [0, 0.1) is 13.8 Å². The van der Waals surface area contributed by atoms with Crippen LogP contribution in [0.1, 0.15) is 31.3 Å². The minimum absolute atomic E-state index is 0.152. The van der Waals surface area contributed by atoms with E-state index in [2.05, 4.69) is 10.4 Å². The highest BCUT2D eigenvalue weighted by atomic mass is 16.5. The van der Waals surface area contributed by atoms with Gasteiger partial charge in [-0.15, -0.1) is 0 Å². The van der Waals surface area contributed by atoms with Crippen molar-refractivity contribution in [1.29, 1.82) is 0 Å². The van der Waals surface area contributed by atoms with Crippen LogP contribution >= 0.6 is 0 Å². The number of nitrogens with zero attached hydrogens (tertiary/aromatic N) is 2. The molecule has 18 heavy (non-hydrogen) atoms. The fourth-order valence-electron chi connectivity index (χ4n) is 1.86. The predicted octanol–water partition coefficient (Wildman–Crippen LogP) is 0.993. The minimum atomic E-state index is -0.633. The molecule has 1 heterocycles. The maximum atomic E-state index is 11.9. The summed E-state index contributed by atoms with van der Waals surface area (Å²) < 4.78 is 6.89. The first-order valence-electron chi connectivity index (χ1n) is 6.01. The lowest BCUT2D eigenvalue weighted by molar-refractivity contribution is -0.125. The lowest BCUT2D eigenvalue weighted by Gasteiger charge is -2.13. The van der Waals surface area contributed by atoms with Crippen molar-refractivity contribution in [2.24, 2.45) is 5.73 Å². The average Bonchev–Trinajstić information content (AvgIpc) is 2.58. The van der Waals surface area contributed by atoms with E-state index in [1.165, 1.54) is 7.11 Å².